The Morgan fingerprint density at radius 3 is 2.28 bits per heavy atom. The highest BCUT2D eigenvalue weighted by atomic mass is 35.5. The molecule has 1 aromatic carbocycles. The van der Waals surface area contributed by atoms with Gasteiger partial charge in [-0.3, -0.25) is 0 Å². The third-order valence-electron chi connectivity index (χ3n) is 2.66. The normalized spacial score (nSPS) is 12.6. The minimum atomic E-state index is -0.582. The van der Waals surface area contributed by atoms with Gasteiger partial charge in [0.2, 0.25) is 0 Å². The van der Waals surface area contributed by atoms with Gasteiger partial charge in [0, 0.05) is 5.02 Å². The third-order valence-corrected chi connectivity index (χ3v) is 3.25. The van der Waals surface area contributed by atoms with Gasteiger partial charge in [-0.1, -0.05) is 25.4 Å². The van der Waals surface area contributed by atoms with Crippen LogP contribution in [-0.4, -0.2) is 12.0 Å². The maximum Gasteiger partial charge on any atom is 0.328 e. The monoisotopic (exact) mass is 269 g/mol. The Kier molecular flexibility index (Phi) is 5.17. The second kappa shape index (κ2) is 6.21. The molecule has 1 aromatic rings. The van der Waals surface area contributed by atoms with Crippen molar-refractivity contribution < 1.29 is 9.53 Å². The van der Waals surface area contributed by atoms with Crippen LogP contribution in [0.2, 0.25) is 5.02 Å². The van der Waals surface area contributed by atoms with Crippen molar-refractivity contribution in [2.75, 3.05) is 0 Å². The molecule has 0 bridgehead atoms. The summed E-state index contributed by atoms with van der Waals surface area (Å²) in [6.45, 7) is 7.79. The number of benzene rings is 1. The molecule has 0 radical (unpaired) electrons. The summed E-state index contributed by atoms with van der Waals surface area (Å²) in [4.78, 5) is 11.8. The van der Waals surface area contributed by atoms with Crippen molar-refractivity contribution in [2.45, 2.75) is 40.2 Å². The van der Waals surface area contributed by atoms with Gasteiger partial charge in [-0.15, -0.1) is 0 Å². The van der Waals surface area contributed by atoms with Gasteiger partial charge in [-0.05, 0) is 49.4 Å². The van der Waals surface area contributed by atoms with Gasteiger partial charge >= 0.3 is 5.97 Å². The van der Waals surface area contributed by atoms with E-state index in [9.17, 15) is 4.79 Å². The van der Waals surface area contributed by atoms with Gasteiger partial charge in [-0.25, -0.2) is 4.79 Å². The fourth-order valence-electron chi connectivity index (χ4n) is 1.76. The van der Waals surface area contributed by atoms with Crippen LogP contribution in [0.3, 0.4) is 0 Å². The van der Waals surface area contributed by atoms with Gasteiger partial charge in [0.25, 0.3) is 0 Å². The highest BCUT2D eigenvalue weighted by molar-refractivity contribution is 6.32. The zero-order chi connectivity index (χ0) is 13.9. The molecule has 2 N–H and O–H groups in total. The van der Waals surface area contributed by atoms with Crippen molar-refractivity contribution in [3.05, 3.63) is 28.3 Å². The molecule has 0 fully saturated rings. The van der Waals surface area contributed by atoms with Crippen LogP contribution < -0.4 is 10.5 Å². The van der Waals surface area contributed by atoms with E-state index in [1.807, 2.05) is 27.7 Å². The molecule has 0 heterocycles. The van der Waals surface area contributed by atoms with Crippen molar-refractivity contribution in [3.8, 4) is 5.75 Å². The number of halogens is 1. The maximum atomic E-state index is 11.8. The van der Waals surface area contributed by atoms with Crippen LogP contribution >= 0.6 is 11.6 Å². The van der Waals surface area contributed by atoms with E-state index in [1.54, 1.807) is 12.1 Å². The van der Waals surface area contributed by atoms with Crippen LogP contribution in [0.4, 0.5) is 0 Å². The highest BCUT2D eigenvalue weighted by Gasteiger charge is 2.17. The molecule has 4 heteroatoms. The van der Waals surface area contributed by atoms with Gasteiger partial charge in [0.1, 0.15) is 11.8 Å². The van der Waals surface area contributed by atoms with Crippen molar-refractivity contribution in [1.82, 2.24) is 0 Å². The summed E-state index contributed by atoms with van der Waals surface area (Å²) < 4.78 is 5.27. The van der Waals surface area contributed by atoms with Gasteiger partial charge in [0.05, 0.1) is 0 Å². The van der Waals surface area contributed by atoms with Crippen LogP contribution in [-0.2, 0) is 4.79 Å². The first-order valence-corrected chi connectivity index (χ1v) is 6.43. The first-order chi connectivity index (χ1) is 8.31. The molecule has 0 saturated heterocycles. The number of nitrogens with two attached hydrogens (primary N) is 1. The molecule has 0 amide bonds. The molecule has 0 saturated carbocycles. The third kappa shape index (κ3) is 4.00. The minimum Gasteiger partial charge on any atom is -0.425 e. The number of carbonyl (C=O) groups is 1. The lowest BCUT2D eigenvalue weighted by molar-refractivity contribution is -0.136. The molecular weight excluding hydrogens is 250 g/mol. The topological polar surface area (TPSA) is 52.3 Å². The molecule has 0 aliphatic heterocycles. The summed E-state index contributed by atoms with van der Waals surface area (Å²) in [5, 5.41) is 0.696. The number of ether oxygens (including phenoxy) is 1. The van der Waals surface area contributed by atoms with E-state index in [4.69, 9.17) is 22.1 Å². The lowest BCUT2D eigenvalue weighted by Crippen LogP contribution is -2.35. The minimum absolute atomic E-state index is 0.362. The smallest absolute Gasteiger partial charge is 0.328 e. The van der Waals surface area contributed by atoms with Crippen molar-refractivity contribution in [2.24, 2.45) is 11.7 Å². The van der Waals surface area contributed by atoms with E-state index in [0.717, 1.165) is 11.1 Å². The Balaban J connectivity index is 2.76. The molecule has 1 rings (SSSR count). The van der Waals surface area contributed by atoms with E-state index in [-0.39, 0.29) is 0 Å². The number of hydrogen-bond donors (Lipinski definition) is 1. The van der Waals surface area contributed by atoms with E-state index < -0.39 is 12.0 Å². The van der Waals surface area contributed by atoms with Crippen molar-refractivity contribution >= 4 is 17.6 Å². The Bertz CT molecular complexity index is 420. The number of carbonyl (C=O) groups excluding carboxylic acids is 1. The van der Waals surface area contributed by atoms with Crippen LogP contribution in [0.5, 0.6) is 5.75 Å². The van der Waals surface area contributed by atoms with Gasteiger partial charge in [0.15, 0.2) is 0 Å². The Morgan fingerprint density at radius 2 is 1.83 bits per heavy atom. The van der Waals surface area contributed by atoms with E-state index in [1.165, 1.54) is 0 Å². The number of aryl methyl sites for hydroxylation is 2. The summed E-state index contributed by atoms with van der Waals surface area (Å²) >= 11 is 6.05. The summed E-state index contributed by atoms with van der Waals surface area (Å²) in [5.41, 5.74) is 7.54. The summed E-state index contributed by atoms with van der Waals surface area (Å²) in [7, 11) is 0. The predicted octanol–water partition coefficient (Wildman–Crippen LogP) is 3.24. The average molecular weight is 270 g/mol. The molecule has 0 aliphatic carbocycles. The Labute approximate surface area is 113 Å². The highest BCUT2D eigenvalue weighted by Crippen LogP contribution is 2.26. The predicted molar refractivity (Wildman–Crippen MR) is 74.0 cm³/mol. The fourth-order valence-corrected chi connectivity index (χ4v) is 1.87. The van der Waals surface area contributed by atoms with E-state index in [0.29, 0.717) is 23.1 Å². The molecule has 100 valence electrons. The number of rotatable bonds is 4. The Hall–Kier alpha value is -1.06. The molecule has 3 nitrogen and oxygen atoms in total. The fraction of sp³-hybridized carbons (Fsp3) is 0.500. The van der Waals surface area contributed by atoms with E-state index in [2.05, 4.69) is 0 Å². The molecule has 1 atom stereocenters. The van der Waals surface area contributed by atoms with Gasteiger partial charge in [-0.2, -0.15) is 0 Å². The molecule has 18 heavy (non-hydrogen) atoms. The quantitative estimate of drug-likeness (QED) is 0.674. The maximum absolute atomic E-state index is 11.8. The van der Waals surface area contributed by atoms with E-state index >= 15 is 0 Å². The first kappa shape index (κ1) is 15.0. The standard InChI is InChI=1S/C14H20ClNO2/c1-8(2)5-12(16)14(17)18-11-6-9(3)13(15)10(4)7-11/h6-8,12H,5,16H2,1-4H3. The average Bonchev–Trinajstić information content (AvgIpc) is 2.24. The zero-order valence-electron chi connectivity index (χ0n) is 11.3. The molecular formula is C14H20ClNO2. The van der Waals surface area contributed by atoms with Crippen LogP contribution in [0, 0.1) is 19.8 Å². The van der Waals surface area contributed by atoms with Crippen LogP contribution in [0.15, 0.2) is 12.1 Å². The SMILES string of the molecule is Cc1cc(OC(=O)C(N)CC(C)C)cc(C)c1Cl. The van der Waals surface area contributed by atoms with Crippen molar-refractivity contribution in [1.29, 1.82) is 0 Å². The number of hydrogen-bond acceptors (Lipinski definition) is 3. The largest absolute Gasteiger partial charge is 0.425 e. The number of esters is 1. The summed E-state index contributed by atoms with van der Waals surface area (Å²) in [5.74, 6) is 0.463. The molecule has 0 spiro atoms. The van der Waals surface area contributed by atoms with Crippen molar-refractivity contribution in [3.63, 3.8) is 0 Å². The zero-order valence-corrected chi connectivity index (χ0v) is 12.0. The lowest BCUT2D eigenvalue weighted by Gasteiger charge is -2.14. The molecule has 0 aliphatic rings. The Morgan fingerprint density at radius 1 is 1.33 bits per heavy atom. The summed E-state index contributed by atoms with van der Waals surface area (Å²) in [6, 6.07) is 2.91. The second-order valence-electron chi connectivity index (χ2n) is 5.03. The van der Waals surface area contributed by atoms with Gasteiger partial charge < -0.3 is 10.5 Å². The lowest BCUT2D eigenvalue weighted by atomic mass is 10.0. The second-order valence-corrected chi connectivity index (χ2v) is 5.41. The molecule has 1 unspecified atom stereocenters. The molecule has 0 aromatic heterocycles. The first-order valence-electron chi connectivity index (χ1n) is 6.05. The van der Waals surface area contributed by atoms with Crippen LogP contribution in [0.25, 0.3) is 0 Å². The summed E-state index contributed by atoms with van der Waals surface area (Å²) in [6.07, 6.45) is 0.615. The van der Waals surface area contributed by atoms with Crippen LogP contribution in [0.1, 0.15) is 31.4 Å².